The molecule has 0 spiro atoms. The van der Waals surface area contributed by atoms with E-state index in [9.17, 15) is 4.79 Å². The molecule has 0 aliphatic carbocycles. The number of terminal acetylenes is 1. The largest absolute Gasteiger partial charge is 0.336 e. The molecule has 0 fully saturated rings. The third-order valence-corrected chi connectivity index (χ3v) is 2.81. The second kappa shape index (κ2) is 4.04. The van der Waals surface area contributed by atoms with Crippen molar-refractivity contribution in [1.29, 1.82) is 0 Å². The minimum Gasteiger partial charge on any atom is -0.336 e. The van der Waals surface area contributed by atoms with Crippen LogP contribution in [0.3, 0.4) is 0 Å². The van der Waals surface area contributed by atoms with Crippen LogP contribution in [0.2, 0.25) is 4.34 Å². The van der Waals surface area contributed by atoms with E-state index in [1.807, 2.05) is 0 Å². The molecule has 14 heavy (non-hydrogen) atoms. The van der Waals surface area contributed by atoms with E-state index in [0.29, 0.717) is 9.21 Å². The number of hydrogen-bond donors (Lipinski definition) is 1. The summed E-state index contributed by atoms with van der Waals surface area (Å²) in [5, 5.41) is 2.71. The fourth-order valence-electron chi connectivity index (χ4n) is 0.818. The Kier molecular flexibility index (Phi) is 3.20. The van der Waals surface area contributed by atoms with Crippen molar-refractivity contribution in [2.24, 2.45) is 0 Å². The number of carbonyl (C=O) groups excluding carboxylic acids is 1. The number of halogens is 1. The van der Waals surface area contributed by atoms with Crippen LogP contribution in [-0.4, -0.2) is 11.4 Å². The third-order valence-electron chi connectivity index (χ3n) is 1.58. The van der Waals surface area contributed by atoms with E-state index in [0.717, 1.165) is 0 Å². The number of rotatable bonds is 2. The van der Waals surface area contributed by atoms with Gasteiger partial charge >= 0.3 is 0 Å². The van der Waals surface area contributed by atoms with Crippen molar-refractivity contribution in [3.63, 3.8) is 0 Å². The van der Waals surface area contributed by atoms with Crippen LogP contribution in [0, 0.1) is 12.3 Å². The predicted molar refractivity (Wildman–Crippen MR) is 59.7 cm³/mol. The van der Waals surface area contributed by atoms with Crippen LogP contribution in [0.15, 0.2) is 12.1 Å². The molecule has 0 aromatic carbocycles. The molecule has 4 heteroatoms. The van der Waals surface area contributed by atoms with Crippen molar-refractivity contribution in [3.05, 3.63) is 21.3 Å². The molecule has 1 aromatic rings. The van der Waals surface area contributed by atoms with Crippen LogP contribution in [0.1, 0.15) is 23.5 Å². The molecule has 0 unspecified atom stereocenters. The number of carbonyl (C=O) groups is 1. The second-order valence-corrected chi connectivity index (χ2v) is 5.04. The molecular weight excluding hydrogens is 218 g/mol. The van der Waals surface area contributed by atoms with Crippen LogP contribution < -0.4 is 5.32 Å². The summed E-state index contributed by atoms with van der Waals surface area (Å²) in [7, 11) is 0. The van der Waals surface area contributed by atoms with Gasteiger partial charge in [-0.2, -0.15) is 0 Å². The van der Waals surface area contributed by atoms with Crippen molar-refractivity contribution in [2.45, 2.75) is 19.4 Å². The summed E-state index contributed by atoms with van der Waals surface area (Å²) in [5.74, 6) is 2.30. The Labute approximate surface area is 92.3 Å². The zero-order chi connectivity index (χ0) is 10.8. The highest BCUT2D eigenvalue weighted by atomic mass is 35.5. The Hall–Kier alpha value is -0.980. The molecule has 1 N–H and O–H groups in total. The van der Waals surface area contributed by atoms with E-state index in [1.165, 1.54) is 11.3 Å². The molecule has 1 heterocycles. The van der Waals surface area contributed by atoms with Crippen molar-refractivity contribution in [2.75, 3.05) is 0 Å². The van der Waals surface area contributed by atoms with Gasteiger partial charge < -0.3 is 5.32 Å². The van der Waals surface area contributed by atoms with Gasteiger partial charge in [-0.05, 0) is 26.0 Å². The summed E-state index contributed by atoms with van der Waals surface area (Å²) < 4.78 is 0.591. The van der Waals surface area contributed by atoms with Gasteiger partial charge in [0.15, 0.2) is 0 Å². The number of thiophene rings is 1. The maximum Gasteiger partial charge on any atom is 0.262 e. The first-order valence-corrected chi connectivity index (χ1v) is 5.20. The van der Waals surface area contributed by atoms with Gasteiger partial charge in [-0.25, -0.2) is 0 Å². The van der Waals surface area contributed by atoms with Crippen LogP contribution in [0.4, 0.5) is 0 Å². The third kappa shape index (κ3) is 2.76. The first kappa shape index (κ1) is 11.1. The fourth-order valence-corrected chi connectivity index (χ4v) is 1.76. The SMILES string of the molecule is C#CC(C)(C)NC(=O)c1ccc(Cl)s1. The highest BCUT2D eigenvalue weighted by molar-refractivity contribution is 7.18. The number of amides is 1. The molecule has 0 bridgehead atoms. The molecule has 2 nitrogen and oxygen atoms in total. The average molecular weight is 228 g/mol. The lowest BCUT2D eigenvalue weighted by Gasteiger charge is -2.18. The minimum atomic E-state index is -0.631. The van der Waals surface area contributed by atoms with Gasteiger partial charge in [0.2, 0.25) is 0 Å². The minimum absolute atomic E-state index is 0.190. The molecule has 0 atom stereocenters. The standard InChI is InChI=1S/C10H10ClNOS/c1-4-10(2,3)12-9(13)7-5-6-8(11)14-7/h1,5-6H,2-3H3,(H,12,13). The molecule has 0 saturated carbocycles. The maximum absolute atomic E-state index is 11.6. The van der Waals surface area contributed by atoms with Crippen molar-refractivity contribution < 1.29 is 4.79 Å². The Morgan fingerprint density at radius 3 is 2.71 bits per heavy atom. The van der Waals surface area contributed by atoms with E-state index >= 15 is 0 Å². The summed E-state index contributed by atoms with van der Waals surface area (Å²) in [6.07, 6.45) is 5.25. The average Bonchev–Trinajstić information content (AvgIpc) is 2.51. The second-order valence-electron chi connectivity index (χ2n) is 3.33. The summed E-state index contributed by atoms with van der Waals surface area (Å²) in [5.41, 5.74) is -0.631. The lowest BCUT2D eigenvalue weighted by molar-refractivity contribution is 0.0934. The molecule has 0 radical (unpaired) electrons. The molecule has 1 amide bonds. The van der Waals surface area contributed by atoms with E-state index in [4.69, 9.17) is 18.0 Å². The normalized spacial score (nSPS) is 10.7. The van der Waals surface area contributed by atoms with Crippen LogP contribution in [-0.2, 0) is 0 Å². The summed E-state index contributed by atoms with van der Waals surface area (Å²) in [6, 6.07) is 3.36. The molecule has 0 saturated heterocycles. The van der Waals surface area contributed by atoms with E-state index < -0.39 is 5.54 Å². The van der Waals surface area contributed by atoms with E-state index in [1.54, 1.807) is 26.0 Å². The van der Waals surface area contributed by atoms with Crippen molar-refractivity contribution in [3.8, 4) is 12.3 Å². The molecule has 1 aromatic heterocycles. The van der Waals surface area contributed by atoms with Gasteiger partial charge in [-0.3, -0.25) is 4.79 Å². The van der Waals surface area contributed by atoms with Crippen LogP contribution in [0.5, 0.6) is 0 Å². The number of hydrogen-bond acceptors (Lipinski definition) is 2. The molecule has 0 aliphatic heterocycles. The topological polar surface area (TPSA) is 29.1 Å². The van der Waals surface area contributed by atoms with E-state index in [-0.39, 0.29) is 5.91 Å². The molecule has 1 rings (SSSR count). The zero-order valence-electron chi connectivity index (χ0n) is 7.93. The predicted octanol–water partition coefficient (Wildman–Crippen LogP) is 2.54. The first-order chi connectivity index (χ1) is 6.44. The van der Waals surface area contributed by atoms with E-state index in [2.05, 4.69) is 11.2 Å². The smallest absolute Gasteiger partial charge is 0.262 e. The van der Waals surface area contributed by atoms with Crippen molar-refractivity contribution in [1.82, 2.24) is 5.32 Å². The molecule has 74 valence electrons. The monoisotopic (exact) mass is 227 g/mol. The quantitative estimate of drug-likeness (QED) is 0.773. The highest BCUT2D eigenvalue weighted by Gasteiger charge is 2.18. The number of nitrogens with one attached hydrogen (secondary N) is 1. The lowest BCUT2D eigenvalue weighted by Crippen LogP contribution is -2.41. The van der Waals surface area contributed by atoms with Gasteiger partial charge in [0.05, 0.1) is 14.8 Å². The fraction of sp³-hybridized carbons (Fsp3) is 0.300. The molecular formula is C10H10ClNOS. The Morgan fingerprint density at radius 2 is 2.29 bits per heavy atom. The summed E-state index contributed by atoms with van der Waals surface area (Å²) >= 11 is 6.94. The van der Waals surface area contributed by atoms with Gasteiger partial charge in [0, 0.05) is 0 Å². The zero-order valence-corrected chi connectivity index (χ0v) is 9.50. The summed E-state index contributed by atoms with van der Waals surface area (Å²) in [4.78, 5) is 12.1. The van der Waals surface area contributed by atoms with Gasteiger partial charge in [0.1, 0.15) is 0 Å². The molecule has 0 aliphatic rings. The van der Waals surface area contributed by atoms with Crippen LogP contribution >= 0.6 is 22.9 Å². The Bertz CT molecular complexity index is 389. The lowest BCUT2D eigenvalue weighted by atomic mass is 10.1. The van der Waals surface area contributed by atoms with Gasteiger partial charge in [0.25, 0.3) is 5.91 Å². The van der Waals surface area contributed by atoms with Gasteiger partial charge in [-0.15, -0.1) is 17.8 Å². The summed E-state index contributed by atoms with van der Waals surface area (Å²) in [6.45, 7) is 3.53. The first-order valence-electron chi connectivity index (χ1n) is 4.00. The highest BCUT2D eigenvalue weighted by Crippen LogP contribution is 2.21. The van der Waals surface area contributed by atoms with Crippen molar-refractivity contribution >= 4 is 28.8 Å². The van der Waals surface area contributed by atoms with Gasteiger partial charge in [-0.1, -0.05) is 17.5 Å². The Balaban J connectivity index is 2.74. The Morgan fingerprint density at radius 1 is 1.64 bits per heavy atom. The maximum atomic E-state index is 11.6. The van der Waals surface area contributed by atoms with Crippen LogP contribution in [0.25, 0.3) is 0 Å².